The Labute approximate surface area is 116 Å². The third-order valence-corrected chi connectivity index (χ3v) is 4.32. The molecule has 3 nitrogen and oxygen atoms in total. The van der Waals surface area contributed by atoms with Crippen LogP contribution in [0.2, 0.25) is 0 Å². The van der Waals surface area contributed by atoms with Crippen LogP contribution in [0.15, 0.2) is 24.3 Å². The molecule has 0 atom stereocenters. The summed E-state index contributed by atoms with van der Waals surface area (Å²) in [5.41, 5.74) is 1.95. The third-order valence-electron chi connectivity index (χ3n) is 3.29. The number of hydrogen-bond acceptors (Lipinski definition) is 4. The van der Waals surface area contributed by atoms with Crippen LogP contribution in [0.1, 0.15) is 4.88 Å². The Bertz CT molecular complexity index is 559. The standard InChI is InChI=1S/C14H16FN3S/c1-10-13(11-2-4-12(15)5-3-11)17-14(19-10)18-8-6-16-7-9-18/h2-5,16H,6-9H2,1H3. The van der Waals surface area contributed by atoms with Gasteiger partial charge in [0.15, 0.2) is 5.13 Å². The van der Waals surface area contributed by atoms with E-state index in [1.165, 1.54) is 17.0 Å². The van der Waals surface area contributed by atoms with E-state index in [-0.39, 0.29) is 5.82 Å². The van der Waals surface area contributed by atoms with Crippen LogP contribution >= 0.6 is 11.3 Å². The Hall–Kier alpha value is -1.46. The first-order valence-corrected chi connectivity index (χ1v) is 7.25. The number of hydrogen-bond donors (Lipinski definition) is 1. The number of aromatic nitrogens is 1. The number of aryl methyl sites for hydroxylation is 1. The zero-order chi connectivity index (χ0) is 13.2. The predicted molar refractivity (Wildman–Crippen MR) is 77.3 cm³/mol. The first kappa shape index (κ1) is 12.6. The van der Waals surface area contributed by atoms with E-state index in [2.05, 4.69) is 17.1 Å². The lowest BCUT2D eigenvalue weighted by Crippen LogP contribution is -2.43. The Morgan fingerprint density at radius 2 is 1.89 bits per heavy atom. The molecule has 3 rings (SSSR count). The Kier molecular flexibility index (Phi) is 3.48. The number of thiazole rings is 1. The van der Waals surface area contributed by atoms with Crippen LogP contribution in [0, 0.1) is 12.7 Å². The Morgan fingerprint density at radius 3 is 2.58 bits per heavy atom. The highest BCUT2D eigenvalue weighted by atomic mass is 32.1. The lowest BCUT2D eigenvalue weighted by Gasteiger charge is -2.26. The van der Waals surface area contributed by atoms with Gasteiger partial charge in [-0.05, 0) is 31.2 Å². The van der Waals surface area contributed by atoms with Crippen LogP contribution in [-0.4, -0.2) is 31.2 Å². The van der Waals surface area contributed by atoms with Crippen molar-refractivity contribution in [3.05, 3.63) is 35.0 Å². The molecule has 100 valence electrons. The number of rotatable bonds is 2. The summed E-state index contributed by atoms with van der Waals surface area (Å²) in [5.74, 6) is -0.209. The van der Waals surface area contributed by atoms with Crippen molar-refractivity contribution in [2.45, 2.75) is 6.92 Å². The molecule has 2 aromatic rings. The summed E-state index contributed by atoms with van der Waals surface area (Å²) in [5, 5.41) is 4.41. The molecule has 0 radical (unpaired) electrons. The van der Waals surface area contributed by atoms with Crippen molar-refractivity contribution in [2.24, 2.45) is 0 Å². The number of benzene rings is 1. The van der Waals surface area contributed by atoms with E-state index < -0.39 is 0 Å². The molecule has 0 bridgehead atoms. The van der Waals surface area contributed by atoms with Crippen LogP contribution in [0.25, 0.3) is 11.3 Å². The van der Waals surface area contributed by atoms with E-state index in [9.17, 15) is 4.39 Å². The minimum absolute atomic E-state index is 0.209. The highest BCUT2D eigenvalue weighted by Gasteiger charge is 2.17. The first-order valence-electron chi connectivity index (χ1n) is 6.43. The highest BCUT2D eigenvalue weighted by molar-refractivity contribution is 7.16. The van der Waals surface area contributed by atoms with Crippen molar-refractivity contribution in [3.8, 4) is 11.3 Å². The smallest absolute Gasteiger partial charge is 0.186 e. The van der Waals surface area contributed by atoms with Crippen LogP contribution < -0.4 is 10.2 Å². The summed E-state index contributed by atoms with van der Waals surface area (Å²) in [6, 6.07) is 6.55. The summed E-state index contributed by atoms with van der Waals surface area (Å²) in [6.07, 6.45) is 0. The molecule has 1 aliphatic heterocycles. The topological polar surface area (TPSA) is 28.2 Å². The minimum atomic E-state index is -0.209. The average molecular weight is 277 g/mol. The zero-order valence-corrected chi connectivity index (χ0v) is 11.6. The largest absolute Gasteiger partial charge is 0.346 e. The maximum atomic E-state index is 13.0. The summed E-state index contributed by atoms with van der Waals surface area (Å²) in [4.78, 5) is 8.22. The number of halogens is 1. The van der Waals surface area contributed by atoms with Gasteiger partial charge in [-0.2, -0.15) is 0 Å². The zero-order valence-electron chi connectivity index (χ0n) is 10.8. The molecule has 2 heterocycles. The molecule has 0 unspecified atom stereocenters. The van der Waals surface area contributed by atoms with Gasteiger partial charge < -0.3 is 10.2 Å². The first-order chi connectivity index (χ1) is 9.24. The SMILES string of the molecule is Cc1sc(N2CCNCC2)nc1-c1ccc(F)cc1. The van der Waals surface area contributed by atoms with Gasteiger partial charge >= 0.3 is 0 Å². The summed E-state index contributed by atoms with van der Waals surface area (Å²) >= 11 is 1.71. The molecule has 1 aromatic carbocycles. The van der Waals surface area contributed by atoms with Crippen LogP contribution in [-0.2, 0) is 0 Å². The number of anilines is 1. The molecular weight excluding hydrogens is 261 g/mol. The molecule has 1 aromatic heterocycles. The average Bonchev–Trinajstić information content (AvgIpc) is 2.83. The second-order valence-corrected chi connectivity index (χ2v) is 5.83. The van der Waals surface area contributed by atoms with Gasteiger partial charge in [-0.3, -0.25) is 0 Å². The second-order valence-electron chi connectivity index (χ2n) is 4.65. The van der Waals surface area contributed by atoms with E-state index in [0.29, 0.717) is 0 Å². The molecule has 0 aliphatic carbocycles. The van der Waals surface area contributed by atoms with Gasteiger partial charge in [0.25, 0.3) is 0 Å². The van der Waals surface area contributed by atoms with Gasteiger partial charge in [-0.15, -0.1) is 11.3 Å². The van der Waals surface area contributed by atoms with Gasteiger partial charge in [-0.25, -0.2) is 9.37 Å². The normalized spacial score (nSPS) is 15.8. The van der Waals surface area contributed by atoms with E-state index in [4.69, 9.17) is 4.98 Å². The monoisotopic (exact) mass is 277 g/mol. The quantitative estimate of drug-likeness (QED) is 0.914. The van der Waals surface area contributed by atoms with E-state index in [1.807, 2.05) is 0 Å². The van der Waals surface area contributed by atoms with Gasteiger partial charge in [0.2, 0.25) is 0 Å². The van der Waals surface area contributed by atoms with E-state index >= 15 is 0 Å². The van der Waals surface area contributed by atoms with Crippen molar-refractivity contribution in [2.75, 3.05) is 31.1 Å². The Balaban J connectivity index is 1.90. The van der Waals surface area contributed by atoms with Crippen molar-refractivity contribution in [3.63, 3.8) is 0 Å². The number of piperazine rings is 1. The maximum absolute atomic E-state index is 13.0. The predicted octanol–water partition coefficient (Wildman–Crippen LogP) is 2.67. The van der Waals surface area contributed by atoms with E-state index in [0.717, 1.165) is 42.6 Å². The molecule has 0 saturated carbocycles. The Morgan fingerprint density at radius 1 is 1.21 bits per heavy atom. The van der Waals surface area contributed by atoms with Gasteiger partial charge in [0, 0.05) is 36.6 Å². The summed E-state index contributed by atoms with van der Waals surface area (Å²) in [6.45, 7) is 6.07. The molecule has 0 spiro atoms. The highest BCUT2D eigenvalue weighted by Crippen LogP contribution is 2.32. The lowest BCUT2D eigenvalue weighted by molar-refractivity contribution is 0.588. The minimum Gasteiger partial charge on any atom is -0.346 e. The molecule has 1 fully saturated rings. The van der Waals surface area contributed by atoms with Crippen LogP contribution in [0.4, 0.5) is 9.52 Å². The molecule has 5 heteroatoms. The number of nitrogens with one attached hydrogen (secondary N) is 1. The van der Waals surface area contributed by atoms with Crippen molar-refractivity contribution in [1.29, 1.82) is 0 Å². The van der Waals surface area contributed by atoms with Gasteiger partial charge in [0.1, 0.15) is 5.82 Å². The molecule has 1 N–H and O–H groups in total. The van der Waals surface area contributed by atoms with E-state index in [1.54, 1.807) is 23.5 Å². The van der Waals surface area contributed by atoms with Crippen molar-refractivity contribution < 1.29 is 4.39 Å². The summed E-state index contributed by atoms with van der Waals surface area (Å²) in [7, 11) is 0. The molecule has 1 aliphatic rings. The third kappa shape index (κ3) is 2.62. The molecular formula is C14H16FN3S. The fraction of sp³-hybridized carbons (Fsp3) is 0.357. The van der Waals surface area contributed by atoms with Gasteiger partial charge in [0.05, 0.1) is 5.69 Å². The fourth-order valence-corrected chi connectivity index (χ4v) is 3.23. The maximum Gasteiger partial charge on any atom is 0.186 e. The molecule has 0 amide bonds. The molecule has 19 heavy (non-hydrogen) atoms. The van der Waals surface area contributed by atoms with Crippen LogP contribution in [0.5, 0.6) is 0 Å². The van der Waals surface area contributed by atoms with Crippen molar-refractivity contribution >= 4 is 16.5 Å². The summed E-state index contributed by atoms with van der Waals surface area (Å²) < 4.78 is 13.0. The molecule has 1 saturated heterocycles. The fourth-order valence-electron chi connectivity index (χ4n) is 2.25. The van der Waals surface area contributed by atoms with Crippen molar-refractivity contribution in [1.82, 2.24) is 10.3 Å². The second kappa shape index (κ2) is 5.27. The van der Waals surface area contributed by atoms with Crippen LogP contribution in [0.3, 0.4) is 0 Å². The van der Waals surface area contributed by atoms with Gasteiger partial charge in [-0.1, -0.05) is 0 Å². The number of nitrogens with zero attached hydrogens (tertiary/aromatic N) is 2. The lowest BCUT2D eigenvalue weighted by atomic mass is 10.1.